The van der Waals surface area contributed by atoms with Gasteiger partial charge in [-0.3, -0.25) is 0 Å². The molecule has 1 aromatic carbocycles. The molecule has 0 bridgehead atoms. The molecule has 0 saturated carbocycles. The van der Waals surface area contributed by atoms with Crippen molar-refractivity contribution in [1.29, 1.82) is 0 Å². The maximum Gasteiger partial charge on any atom is 0.250 e. The third kappa shape index (κ3) is 3.49. The molecule has 0 spiro atoms. The standard InChI is InChI=1S/C15H18N2O3S2/c18-22(19,15-6-3-11-21-15)16-12-13-4-1-2-5-14(13)17-7-9-20-10-8-17/h1-6,11,16H,7-10,12H2. The van der Waals surface area contributed by atoms with Crippen molar-refractivity contribution >= 4 is 27.0 Å². The van der Waals surface area contributed by atoms with Gasteiger partial charge in [0.05, 0.1) is 13.2 Å². The van der Waals surface area contributed by atoms with Crippen LogP contribution >= 0.6 is 11.3 Å². The number of nitrogens with one attached hydrogen (secondary N) is 1. The maximum absolute atomic E-state index is 12.2. The largest absolute Gasteiger partial charge is 0.378 e. The summed E-state index contributed by atoms with van der Waals surface area (Å²) in [6.07, 6.45) is 0. The van der Waals surface area contributed by atoms with Crippen molar-refractivity contribution in [2.45, 2.75) is 10.8 Å². The van der Waals surface area contributed by atoms with Gasteiger partial charge in [0.1, 0.15) is 4.21 Å². The first-order valence-electron chi connectivity index (χ1n) is 7.10. The van der Waals surface area contributed by atoms with E-state index in [9.17, 15) is 8.42 Å². The van der Waals surface area contributed by atoms with Gasteiger partial charge in [0.15, 0.2) is 0 Å². The first-order valence-corrected chi connectivity index (χ1v) is 9.47. The van der Waals surface area contributed by atoms with Crippen LogP contribution in [0.2, 0.25) is 0 Å². The summed E-state index contributed by atoms with van der Waals surface area (Å²) in [5.74, 6) is 0. The first-order chi connectivity index (χ1) is 10.7. The van der Waals surface area contributed by atoms with Gasteiger partial charge in [0, 0.05) is 25.3 Å². The average Bonchev–Trinajstić information content (AvgIpc) is 3.10. The maximum atomic E-state index is 12.2. The predicted octanol–water partition coefficient (Wildman–Crippen LogP) is 2.06. The van der Waals surface area contributed by atoms with E-state index in [1.807, 2.05) is 24.3 Å². The minimum atomic E-state index is -3.44. The molecule has 0 atom stereocenters. The Morgan fingerprint density at radius 3 is 2.64 bits per heavy atom. The van der Waals surface area contributed by atoms with E-state index in [2.05, 4.69) is 9.62 Å². The predicted molar refractivity (Wildman–Crippen MR) is 87.8 cm³/mol. The molecular weight excluding hydrogens is 320 g/mol. The summed E-state index contributed by atoms with van der Waals surface area (Å²) >= 11 is 1.22. The highest BCUT2D eigenvalue weighted by atomic mass is 32.2. The van der Waals surface area contributed by atoms with Crippen LogP contribution in [0.3, 0.4) is 0 Å². The number of morpholine rings is 1. The Bertz CT molecular complexity index is 708. The fraction of sp³-hybridized carbons (Fsp3) is 0.333. The number of sulfonamides is 1. The summed E-state index contributed by atoms with van der Waals surface area (Å²) in [7, 11) is -3.44. The van der Waals surface area contributed by atoms with E-state index >= 15 is 0 Å². The summed E-state index contributed by atoms with van der Waals surface area (Å²) in [5, 5.41) is 1.76. The lowest BCUT2D eigenvalue weighted by atomic mass is 10.1. The van der Waals surface area contributed by atoms with Crippen molar-refractivity contribution in [3.8, 4) is 0 Å². The fourth-order valence-corrected chi connectivity index (χ4v) is 4.48. The van der Waals surface area contributed by atoms with Gasteiger partial charge in [-0.1, -0.05) is 24.3 Å². The number of benzene rings is 1. The third-order valence-electron chi connectivity index (χ3n) is 3.56. The molecule has 5 nitrogen and oxygen atoms in total. The monoisotopic (exact) mass is 338 g/mol. The van der Waals surface area contributed by atoms with Gasteiger partial charge in [0.2, 0.25) is 10.0 Å². The van der Waals surface area contributed by atoms with Gasteiger partial charge >= 0.3 is 0 Å². The molecule has 0 amide bonds. The summed E-state index contributed by atoms with van der Waals surface area (Å²) < 4.78 is 32.8. The van der Waals surface area contributed by atoms with Crippen LogP contribution in [0.1, 0.15) is 5.56 Å². The van der Waals surface area contributed by atoms with Gasteiger partial charge < -0.3 is 9.64 Å². The second kappa shape index (κ2) is 6.78. The Balaban J connectivity index is 1.75. The minimum Gasteiger partial charge on any atom is -0.378 e. The van der Waals surface area contributed by atoms with E-state index in [4.69, 9.17) is 4.74 Å². The van der Waals surface area contributed by atoms with Gasteiger partial charge in [-0.15, -0.1) is 11.3 Å². The van der Waals surface area contributed by atoms with Crippen molar-refractivity contribution in [3.63, 3.8) is 0 Å². The molecule has 1 fully saturated rings. The smallest absolute Gasteiger partial charge is 0.250 e. The molecule has 118 valence electrons. The molecule has 0 radical (unpaired) electrons. The van der Waals surface area contributed by atoms with Crippen molar-refractivity contribution < 1.29 is 13.2 Å². The Kier molecular flexibility index (Phi) is 4.77. The average molecular weight is 338 g/mol. The molecule has 1 saturated heterocycles. The van der Waals surface area contributed by atoms with E-state index in [0.717, 1.165) is 24.3 Å². The zero-order valence-corrected chi connectivity index (χ0v) is 13.7. The molecule has 3 rings (SSSR count). The summed E-state index contributed by atoms with van der Waals surface area (Å²) in [4.78, 5) is 2.23. The van der Waals surface area contributed by atoms with Crippen molar-refractivity contribution in [3.05, 3.63) is 47.3 Å². The number of rotatable bonds is 5. The molecule has 7 heteroatoms. The topological polar surface area (TPSA) is 58.6 Å². The molecule has 1 N–H and O–H groups in total. The molecule has 1 aromatic heterocycles. The van der Waals surface area contributed by atoms with Crippen LogP contribution in [0.15, 0.2) is 46.0 Å². The van der Waals surface area contributed by atoms with Crippen LogP contribution in [0, 0.1) is 0 Å². The van der Waals surface area contributed by atoms with Gasteiger partial charge in [-0.2, -0.15) is 0 Å². The lowest BCUT2D eigenvalue weighted by Gasteiger charge is -2.30. The molecule has 1 aliphatic rings. The van der Waals surface area contributed by atoms with Crippen LogP contribution in [0.5, 0.6) is 0 Å². The molecular formula is C15H18N2O3S2. The highest BCUT2D eigenvalue weighted by Gasteiger charge is 2.18. The highest BCUT2D eigenvalue weighted by molar-refractivity contribution is 7.91. The van der Waals surface area contributed by atoms with Crippen molar-refractivity contribution in [2.75, 3.05) is 31.2 Å². The molecule has 1 aliphatic heterocycles. The van der Waals surface area contributed by atoms with E-state index in [0.29, 0.717) is 17.4 Å². The number of anilines is 1. The molecule has 2 aromatic rings. The first kappa shape index (κ1) is 15.5. The van der Waals surface area contributed by atoms with Crippen LogP contribution in [0.4, 0.5) is 5.69 Å². The molecule has 22 heavy (non-hydrogen) atoms. The normalized spacial score (nSPS) is 15.9. The van der Waals surface area contributed by atoms with Crippen LogP contribution in [-0.4, -0.2) is 34.7 Å². The second-order valence-electron chi connectivity index (χ2n) is 4.98. The van der Waals surface area contributed by atoms with Gasteiger partial charge in [-0.25, -0.2) is 13.1 Å². The Morgan fingerprint density at radius 2 is 1.91 bits per heavy atom. The van der Waals surface area contributed by atoms with Gasteiger partial charge in [0.25, 0.3) is 0 Å². The zero-order valence-electron chi connectivity index (χ0n) is 12.1. The molecule has 0 aliphatic carbocycles. The zero-order chi connectivity index (χ0) is 15.4. The van der Waals surface area contributed by atoms with Crippen LogP contribution in [0.25, 0.3) is 0 Å². The summed E-state index contributed by atoms with van der Waals surface area (Å²) in [6, 6.07) is 11.2. The second-order valence-corrected chi connectivity index (χ2v) is 7.93. The summed E-state index contributed by atoms with van der Waals surface area (Å²) in [6.45, 7) is 3.35. The SMILES string of the molecule is O=S(=O)(NCc1ccccc1N1CCOCC1)c1cccs1. The Hall–Kier alpha value is -1.41. The number of nitrogens with zero attached hydrogens (tertiary/aromatic N) is 1. The summed E-state index contributed by atoms with van der Waals surface area (Å²) in [5.41, 5.74) is 2.05. The van der Waals surface area contributed by atoms with E-state index < -0.39 is 10.0 Å². The Labute approximate surface area is 134 Å². The van der Waals surface area contributed by atoms with Crippen molar-refractivity contribution in [2.24, 2.45) is 0 Å². The van der Waals surface area contributed by atoms with E-state index in [1.54, 1.807) is 17.5 Å². The van der Waals surface area contributed by atoms with Crippen molar-refractivity contribution in [1.82, 2.24) is 4.72 Å². The highest BCUT2D eigenvalue weighted by Crippen LogP contribution is 2.22. The fourth-order valence-electron chi connectivity index (χ4n) is 2.43. The quantitative estimate of drug-likeness (QED) is 0.907. The number of para-hydroxylation sites is 1. The molecule has 0 unspecified atom stereocenters. The minimum absolute atomic E-state index is 0.285. The van der Waals surface area contributed by atoms with Gasteiger partial charge in [-0.05, 0) is 23.1 Å². The van der Waals surface area contributed by atoms with E-state index in [-0.39, 0.29) is 6.54 Å². The lowest BCUT2D eigenvalue weighted by Crippen LogP contribution is -2.37. The number of ether oxygens (including phenoxy) is 1. The van der Waals surface area contributed by atoms with Crippen LogP contribution < -0.4 is 9.62 Å². The molecule has 2 heterocycles. The lowest BCUT2D eigenvalue weighted by molar-refractivity contribution is 0.122. The third-order valence-corrected chi connectivity index (χ3v) is 6.35. The number of hydrogen-bond acceptors (Lipinski definition) is 5. The number of thiophene rings is 1. The van der Waals surface area contributed by atoms with Crippen LogP contribution in [-0.2, 0) is 21.3 Å². The number of hydrogen-bond donors (Lipinski definition) is 1. The van der Waals surface area contributed by atoms with E-state index in [1.165, 1.54) is 11.3 Å². The Morgan fingerprint density at radius 1 is 1.14 bits per heavy atom.